The van der Waals surface area contributed by atoms with Gasteiger partial charge in [-0.05, 0) is 69.2 Å². The standard InChI is InChI=1S/C19H31N/c1-5-6-16-8-9-17(13-20-4)19(12-16)18-10-7-14(2)11-15(18)3/h7,10-11,16-17,19-20H,5-6,8-9,12-13H2,1-4H3. The van der Waals surface area contributed by atoms with Gasteiger partial charge in [-0.25, -0.2) is 0 Å². The van der Waals surface area contributed by atoms with E-state index in [0.717, 1.165) is 24.3 Å². The molecular weight excluding hydrogens is 242 g/mol. The van der Waals surface area contributed by atoms with E-state index in [4.69, 9.17) is 0 Å². The Morgan fingerprint density at radius 2 is 2.00 bits per heavy atom. The van der Waals surface area contributed by atoms with Gasteiger partial charge in [0.2, 0.25) is 0 Å². The Labute approximate surface area is 125 Å². The first kappa shape index (κ1) is 15.6. The Balaban J connectivity index is 2.21. The van der Waals surface area contributed by atoms with Crippen molar-refractivity contribution in [2.45, 2.75) is 58.8 Å². The topological polar surface area (TPSA) is 12.0 Å². The van der Waals surface area contributed by atoms with Crippen LogP contribution >= 0.6 is 0 Å². The van der Waals surface area contributed by atoms with E-state index in [1.807, 2.05) is 0 Å². The molecule has 0 amide bonds. The molecule has 1 fully saturated rings. The van der Waals surface area contributed by atoms with Crippen LogP contribution in [-0.2, 0) is 0 Å². The maximum Gasteiger partial charge on any atom is -0.00177 e. The van der Waals surface area contributed by atoms with Crippen LogP contribution < -0.4 is 5.32 Å². The number of benzene rings is 1. The maximum absolute atomic E-state index is 3.41. The third-order valence-corrected chi connectivity index (χ3v) is 5.09. The lowest BCUT2D eigenvalue weighted by atomic mass is 9.69. The molecule has 3 atom stereocenters. The number of hydrogen-bond acceptors (Lipinski definition) is 1. The highest BCUT2D eigenvalue weighted by Crippen LogP contribution is 2.42. The monoisotopic (exact) mass is 273 g/mol. The predicted molar refractivity (Wildman–Crippen MR) is 88.3 cm³/mol. The van der Waals surface area contributed by atoms with Crippen molar-refractivity contribution in [3.8, 4) is 0 Å². The first-order chi connectivity index (χ1) is 9.65. The minimum Gasteiger partial charge on any atom is -0.319 e. The molecule has 0 radical (unpaired) electrons. The van der Waals surface area contributed by atoms with Gasteiger partial charge in [0.15, 0.2) is 0 Å². The zero-order valence-electron chi connectivity index (χ0n) is 13.7. The molecule has 0 spiro atoms. The van der Waals surface area contributed by atoms with E-state index in [2.05, 4.69) is 51.3 Å². The molecule has 0 saturated heterocycles. The van der Waals surface area contributed by atoms with E-state index >= 15 is 0 Å². The van der Waals surface area contributed by atoms with Crippen LogP contribution in [0.2, 0.25) is 0 Å². The van der Waals surface area contributed by atoms with Gasteiger partial charge in [0.25, 0.3) is 0 Å². The van der Waals surface area contributed by atoms with Crippen molar-refractivity contribution in [3.63, 3.8) is 0 Å². The molecule has 1 aromatic rings. The minimum absolute atomic E-state index is 0.758. The number of aryl methyl sites for hydroxylation is 2. The molecule has 0 bridgehead atoms. The second-order valence-corrected chi connectivity index (χ2v) is 6.75. The molecule has 1 heteroatoms. The van der Waals surface area contributed by atoms with Gasteiger partial charge in [-0.3, -0.25) is 0 Å². The van der Waals surface area contributed by atoms with Crippen molar-refractivity contribution in [2.24, 2.45) is 11.8 Å². The number of rotatable bonds is 5. The average Bonchev–Trinajstić information content (AvgIpc) is 2.41. The van der Waals surface area contributed by atoms with E-state index in [0.29, 0.717) is 0 Å². The summed E-state index contributed by atoms with van der Waals surface area (Å²) in [5, 5.41) is 3.41. The highest BCUT2D eigenvalue weighted by atomic mass is 14.8. The van der Waals surface area contributed by atoms with Gasteiger partial charge in [0.05, 0.1) is 0 Å². The average molecular weight is 273 g/mol. The van der Waals surface area contributed by atoms with Crippen molar-refractivity contribution < 1.29 is 0 Å². The van der Waals surface area contributed by atoms with Crippen molar-refractivity contribution in [1.29, 1.82) is 0 Å². The molecule has 1 saturated carbocycles. The Morgan fingerprint density at radius 1 is 1.20 bits per heavy atom. The fourth-order valence-electron chi connectivity index (χ4n) is 4.12. The van der Waals surface area contributed by atoms with Crippen LogP contribution in [0.15, 0.2) is 18.2 Å². The largest absolute Gasteiger partial charge is 0.319 e. The van der Waals surface area contributed by atoms with Crippen molar-refractivity contribution >= 4 is 0 Å². The van der Waals surface area contributed by atoms with Gasteiger partial charge >= 0.3 is 0 Å². The summed E-state index contributed by atoms with van der Waals surface area (Å²) in [5.41, 5.74) is 4.49. The molecule has 1 aromatic carbocycles. The number of nitrogens with one attached hydrogen (secondary N) is 1. The summed E-state index contributed by atoms with van der Waals surface area (Å²) in [7, 11) is 2.09. The van der Waals surface area contributed by atoms with Gasteiger partial charge in [-0.15, -0.1) is 0 Å². The summed E-state index contributed by atoms with van der Waals surface area (Å²) in [6.45, 7) is 7.98. The third-order valence-electron chi connectivity index (χ3n) is 5.09. The first-order valence-corrected chi connectivity index (χ1v) is 8.37. The Hall–Kier alpha value is -0.820. The van der Waals surface area contributed by atoms with Gasteiger partial charge in [0.1, 0.15) is 0 Å². The molecule has 0 heterocycles. The van der Waals surface area contributed by atoms with E-state index in [-0.39, 0.29) is 0 Å². The SMILES string of the molecule is CCCC1CCC(CNC)C(c2ccc(C)cc2C)C1. The van der Waals surface area contributed by atoms with E-state index in [1.165, 1.54) is 43.2 Å². The van der Waals surface area contributed by atoms with Crippen molar-refractivity contribution in [2.75, 3.05) is 13.6 Å². The molecular formula is C19H31N. The van der Waals surface area contributed by atoms with Gasteiger partial charge in [-0.2, -0.15) is 0 Å². The lowest BCUT2D eigenvalue weighted by Gasteiger charge is -2.37. The third kappa shape index (κ3) is 3.63. The Bertz CT molecular complexity index is 424. The molecule has 112 valence electrons. The molecule has 0 aliphatic heterocycles. The molecule has 20 heavy (non-hydrogen) atoms. The summed E-state index contributed by atoms with van der Waals surface area (Å²) in [6.07, 6.45) is 6.96. The Kier molecular flexibility index (Phi) is 5.65. The Morgan fingerprint density at radius 3 is 2.65 bits per heavy atom. The molecule has 1 aliphatic carbocycles. The fraction of sp³-hybridized carbons (Fsp3) is 0.684. The predicted octanol–water partition coefficient (Wildman–Crippen LogP) is 4.82. The molecule has 1 nitrogen and oxygen atoms in total. The zero-order chi connectivity index (χ0) is 14.5. The minimum atomic E-state index is 0.758. The van der Waals surface area contributed by atoms with Crippen LogP contribution in [0.4, 0.5) is 0 Å². The highest BCUT2D eigenvalue weighted by Gasteiger charge is 2.31. The molecule has 0 aromatic heterocycles. The summed E-state index contributed by atoms with van der Waals surface area (Å²) in [6, 6.07) is 7.05. The van der Waals surface area contributed by atoms with Crippen LogP contribution in [0.3, 0.4) is 0 Å². The van der Waals surface area contributed by atoms with Crippen LogP contribution in [0.1, 0.15) is 61.6 Å². The summed E-state index contributed by atoms with van der Waals surface area (Å²) in [4.78, 5) is 0. The first-order valence-electron chi connectivity index (χ1n) is 8.37. The molecule has 1 N–H and O–H groups in total. The second-order valence-electron chi connectivity index (χ2n) is 6.75. The van der Waals surface area contributed by atoms with Crippen LogP contribution in [-0.4, -0.2) is 13.6 Å². The van der Waals surface area contributed by atoms with Gasteiger partial charge < -0.3 is 5.32 Å². The van der Waals surface area contributed by atoms with Crippen LogP contribution in [0.25, 0.3) is 0 Å². The fourth-order valence-corrected chi connectivity index (χ4v) is 4.12. The zero-order valence-corrected chi connectivity index (χ0v) is 13.7. The summed E-state index contributed by atoms with van der Waals surface area (Å²) < 4.78 is 0. The van der Waals surface area contributed by atoms with Crippen molar-refractivity contribution in [1.82, 2.24) is 5.32 Å². The van der Waals surface area contributed by atoms with E-state index in [1.54, 1.807) is 5.56 Å². The normalized spacial score (nSPS) is 26.7. The lowest BCUT2D eigenvalue weighted by molar-refractivity contribution is 0.222. The van der Waals surface area contributed by atoms with Crippen LogP contribution in [0.5, 0.6) is 0 Å². The quantitative estimate of drug-likeness (QED) is 0.811. The maximum atomic E-state index is 3.41. The van der Waals surface area contributed by atoms with Crippen molar-refractivity contribution in [3.05, 3.63) is 34.9 Å². The molecule has 1 aliphatic rings. The van der Waals surface area contributed by atoms with Gasteiger partial charge in [-0.1, -0.05) is 49.9 Å². The van der Waals surface area contributed by atoms with Crippen LogP contribution in [0, 0.1) is 25.7 Å². The lowest BCUT2D eigenvalue weighted by Crippen LogP contribution is -2.31. The van der Waals surface area contributed by atoms with E-state index < -0.39 is 0 Å². The molecule has 2 rings (SSSR count). The molecule has 3 unspecified atom stereocenters. The summed E-state index contributed by atoms with van der Waals surface area (Å²) in [5.74, 6) is 2.52. The summed E-state index contributed by atoms with van der Waals surface area (Å²) >= 11 is 0. The second kappa shape index (κ2) is 7.26. The van der Waals surface area contributed by atoms with E-state index in [9.17, 15) is 0 Å². The smallest absolute Gasteiger partial charge is 0.00177 e. The number of hydrogen-bond donors (Lipinski definition) is 1. The highest BCUT2D eigenvalue weighted by molar-refractivity contribution is 5.34. The van der Waals surface area contributed by atoms with Gasteiger partial charge in [0, 0.05) is 0 Å².